The Labute approximate surface area is 88.0 Å². The summed E-state index contributed by atoms with van der Waals surface area (Å²) < 4.78 is 1.97. The highest BCUT2D eigenvalue weighted by Crippen LogP contribution is 2.21. The summed E-state index contributed by atoms with van der Waals surface area (Å²) in [4.78, 5) is 8.45. The smallest absolute Gasteiger partial charge is 0.129 e. The van der Waals surface area contributed by atoms with Crippen molar-refractivity contribution in [2.45, 2.75) is 12.8 Å². The van der Waals surface area contributed by atoms with Crippen molar-refractivity contribution in [2.24, 2.45) is 0 Å². The first kappa shape index (κ1) is 8.47. The molecule has 0 bridgehead atoms. The number of nitrogens with zero attached hydrogens (tertiary/aromatic N) is 3. The van der Waals surface area contributed by atoms with Crippen molar-refractivity contribution in [3.8, 4) is 5.69 Å². The van der Waals surface area contributed by atoms with Crippen molar-refractivity contribution >= 4 is 5.82 Å². The highest BCUT2D eigenvalue weighted by molar-refractivity contribution is 5.50. The summed E-state index contributed by atoms with van der Waals surface area (Å²) in [6.07, 6.45) is 9.66. The van der Waals surface area contributed by atoms with Gasteiger partial charge in [-0.15, -0.1) is 0 Å². The molecule has 0 fully saturated rings. The van der Waals surface area contributed by atoms with E-state index in [1.165, 1.54) is 12.0 Å². The lowest BCUT2D eigenvalue weighted by Crippen LogP contribution is -2.13. The molecule has 0 amide bonds. The average molecular weight is 200 g/mol. The fourth-order valence-electron chi connectivity index (χ4n) is 1.89. The maximum atomic E-state index is 4.42. The summed E-state index contributed by atoms with van der Waals surface area (Å²) in [7, 11) is 0. The summed E-state index contributed by atoms with van der Waals surface area (Å²) >= 11 is 0. The highest BCUT2D eigenvalue weighted by atomic mass is 15.1. The molecule has 0 saturated heterocycles. The van der Waals surface area contributed by atoms with Gasteiger partial charge in [0, 0.05) is 18.9 Å². The largest absolute Gasteiger partial charge is 0.370 e. The fraction of sp³-hybridized carbons (Fsp3) is 0.273. The van der Waals surface area contributed by atoms with Crippen LogP contribution in [-0.2, 0) is 6.42 Å². The second-order valence-corrected chi connectivity index (χ2v) is 3.70. The van der Waals surface area contributed by atoms with Crippen LogP contribution in [-0.4, -0.2) is 21.1 Å². The molecule has 2 aromatic heterocycles. The van der Waals surface area contributed by atoms with Crippen LogP contribution in [0, 0.1) is 0 Å². The molecule has 1 N–H and O–H groups in total. The fourth-order valence-corrected chi connectivity index (χ4v) is 1.89. The molecule has 0 saturated carbocycles. The Bertz CT molecular complexity index is 461. The Morgan fingerprint density at radius 1 is 1.40 bits per heavy atom. The molecule has 15 heavy (non-hydrogen) atoms. The molecule has 4 nitrogen and oxygen atoms in total. The van der Waals surface area contributed by atoms with Gasteiger partial charge in [-0.3, -0.25) is 0 Å². The van der Waals surface area contributed by atoms with Crippen LogP contribution in [0.15, 0.2) is 31.0 Å². The van der Waals surface area contributed by atoms with Gasteiger partial charge in [0.1, 0.15) is 5.82 Å². The molecule has 76 valence electrons. The van der Waals surface area contributed by atoms with Crippen molar-refractivity contribution in [2.75, 3.05) is 11.9 Å². The minimum absolute atomic E-state index is 1.03. The normalized spacial score (nSPS) is 14.4. The number of imidazole rings is 1. The van der Waals surface area contributed by atoms with Crippen LogP contribution in [0.3, 0.4) is 0 Å². The zero-order chi connectivity index (χ0) is 10.1. The van der Waals surface area contributed by atoms with Crippen molar-refractivity contribution in [3.05, 3.63) is 36.5 Å². The van der Waals surface area contributed by atoms with E-state index >= 15 is 0 Å². The third-order valence-electron chi connectivity index (χ3n) is 2.67. The molecular weight excluding hydrogens is 188 g/mol. The Balaban J connectivity index is 2.04. The minimum Gasteiger partial charge on any atom is -0.370 e. The van der Waals surface area contributed by atoms with Gasteiger partial charge in [0.05, 0.1) is 18.2 Å². The van der Waals surface area contributed by atoms with Crippen LogP contribution in [0.4, 0.5) is 5.82 Å². The molecule has 3 heterocycles. The number of nitrogens with one attached hydrogen (secondary N) is 1. The zero-order valence-corrected chi connectivity index (χ0v) is 8.35. The SMILES string of the molecule is c1cn(-c2cnc3c(c2)CCCN3)cn1. The van der Waals surface area contributed by atoms with Gasteiger partial charge in [0.15, 0.2) is 0 Å². The Morgan fingerprint density at radius 3 is 3.27 bits per heavy atom. The van der Waals surface area contributed by atoms with Crippen LogP contribution in [0.2, 0.25) is 0 Å². The van der Waals surface area contributed by atoms with Crippen molar-refractivity contribution in [1.29, 1.82) is 0 Å². The van der Waals surface area contributed by atoms with E-state index in [4.69, 9.17) is 0 Å². The van der Waals surface area contributed by atoms with Crippen LogP contribution in [0.25, 0.3) is 5.69 Å². The van der Waals surface area contributed by atoms with E-state index in [0.29, 0.717) is 0 Å². The van der Waals surface area contributed by atoms with Crippen LogP contribution >= 0.6 is 0 Å². The maximum Gasteiger partial charge on any atom is 0.129 e. The Hall–Kier alpha value is -1.84. The third-order valence-corrected chi connectivity index (χ3v) is 2.67. The summed E-state index contributed by atoms with van der Waals surface area (Å²) in [6.45, 7) is 1.03. The standard InChI is InChI=1S/C11H12N4/c1-2-9-6-10(15-5-4-12-8-15)7-14-11(9)13-3-1/h4-8H,1-3H2,(H,13,14). The maximum absolute atomic E-state index is 4.42. The predicted octanol–water partition coefficient (Wildman–Crippen LogP) is 1.63. The van der Waals surface area contributed by atoms with Gasteiger partial charge >= 0.3 is 0 Å². The molecule has 1 aliphatic rings. The number of aryl methyl sites for hydroxylation is 1. The number of pyridine rings is 1. The molecule has 0 unspecified atom stereocenters. The molecule has 4 heteroatoms. The third kappa shape index (κ3) is 1.48. The molecule has 2 aromatic rings. The zero-order valence-electron chi connectivity index (χ0n) is 8.35. The average Bonchev–Trinajstić information content (AvgIpc) is 2.82. The molecule has 0 aliphatic carbocycles. The molecule has 0 atom stereocenters. The van der Waals surface area contributed by atoms with Gasteiger partial charge in [0.25, 0.3) is 0 Å². The predicted molar refractivity (Wildman–Crippen MR) is 58.2 cm³/mol. The van der Waals surface area contributed by atoms with E-state index in [1.54, 1.807) is 12.5 Å². The van der Waals surface area contributed by atoms with Gasteiger partial charge in [0.2, 0.25) is 0 Å². The Kier molecular flexibility index (Phi) is 1.91. The lowest BCUT2D eigenvalue weighted by molar-refractivity contribution is 0.814. The monoisotopic (exact) mass is 200 g/mol. The van der Waals surface area contributed by atoms with Gasteiger partial charge in [-0.25, -0.2) is 9.97 Å². The molecule has 0 aromatic carbocycles. The number of hydrogen-bond donors (Lipinski definition) is 1. The number of hydrogen-bond acceptors (Lipinski definition) is 3. The highest BCUT2D eigenvalue weighted by Gasteiger charge is 2.10. The van der Waals surface area contributed by atoms with E-state index in [9.17, 15) is 0 Å². The first-order chi connectivity index (χ1) is 7.43. The number of aromatic nitrogens is 3. The summed E-state index contributed by atoms with van der Waals surface area (Å²) in [5.74, 6) is 1.03. The van der Waals surface area contributed by atoms with Gasteiger partial charge in [-0.2, -0.15) is 0 Å². The first-order valence-electron chi connectivity index (χ1n) is 5.14. The van der Waals surface area contributed by atoms with Crippen LogP contribution < -0.4 is 5.32 Å². The quantitative estimate of drug-likeness (QED) is 0.760. The number of fused-ring (bicyclic) bond motifs is 1. The van der Waals surface area contributed by atoms with E-state index in [-0.39, 0.29) is 0 Å². The van der Waals surface area contributed by atoms with Crippen LogP contribution in [0.5, 0.6) is 0 Å². The van der Waals surface area contributed by atoms with E-state index in [2.05, 4.69) is 21.4 Å². The van der Waals surface area contributed by atoms with Crippen LogP contribution in [0.1, 0.15) is 12.0 Å². The lowest BCUT2D eigenvalue weighted by Gasteiger charge is -2.17. The molecule has 1 aliphatic heterocycles. The van der Waals surface area contributed by atoms with E-state index in [0.717, 1.165) is 24.5 Å². The number of anilines is 1. The topological polar surface area (TPSA) is 42.7 Å². The number of rotatable bonds is 1. The van der Waals surface area contributed by atoms with Gasteiger partial charge in [-0.1, -0.05) is 0 Å². The van der Waals surface area contributed by atoms with Crippen molar-refractivity contribution in [1.82, 2.24) is 14.5 Å². The van der Waals surface area contributed by atoms with Crippen molar-refractivity contribution < 1.29 is 0 Å². The summed E-state index contributed by atoms with van der Waals surface area (Å²) in [5.41, 5.74) is 2.38. The van der Waals surface area contributed by atoms with Gasteiger partial charge < -0.3 is 9.88 Å². The lowest BCUT2D eigenvalue weighted by atomic mass is 10.1. The molecular formula is C11H12N4. The summed E-state index contributed by atoms with van der Waals surface area (Å²) in [6, 6.07) is 2.18. The van der Waals surface area contributed by atoms with Crippen molar-refractivity contribution in [3.63, 3.8) is 0 Å². The molecule has 0 spiro atoms. The molecule has 0 radical (unpaired) electrons. The van der Waals surface area contributed by atoms with E-state index in [1.807, 2.05) is 17.0 Å². The Morgan fingerprint density at radius 2 is 2.40 bits per heavy atom. The first-order valence-corrected chi connectivity index (χ1v) is 5.14. The van der Waals surface area contributed by atoms with E-state index < -0.39 is 0 Å². The van der Waals surface area contributed by atoms with Gasteiger partial charge in [-0.05, 0) is 24.5 Å². The second kappa shape index (κ2) is 3.38. The molecule has 3 rings (SSSR count). The second-order valence-electron chi connectivity index (χ2n) is 3.70. The minimum atomic E-state index is 1.03. The summed E-state index contributed by atoms with van der Waals surface area (Å²) in [5, 5.41) is 3.30.